The summed E-state index contributed by atoms with van der Waals surface area (Å²) in [5, 5.41) is 17.9. The van der Waals surface area contributed by atoms with Crippen LogP contribution in [0.4, 0.5) is 4.39 Å². The molecular formula is C13H14FN3O2S. The van der Waals surface area contributed by atoms with Gasteiger partial charge in [-0.05, 0) is 31.0 Å². The minimum absolute atomic E-state index is 0.239. The van der Waals surface area contributed by atoms with E-state index in [4.69, 9.17) is 10.5 Å². The van der Waals surface area contributed by atoms with Crippen LogP contribution >= 0.6 is 0 Å². The zero-order chi connectivity index (χ0) is 15.4. The maximum Gasteiger partial charge on any atom is 0.241 e. The van der Waals surface area contributed by atoms with Gasteiger partial charge in [0.15, 0.2) is 0 Å². The molecule has 0 aliphatic carbocycles. The summed E-state index contributed by atoms with van der Waals surface area (Å²) >= 11 is 0. The Bertz CT molecular complexity index is 683. The van der Waals surface area contributed by atoms with Gasteiger partial charge >= 0.3 is 0 Å². The number of sulfonamides is 1. The van der Waals surface area contributed by atoms with Gasteiger partial charge in [-0.1, -0.05) is 13.8 Å². The molecule has 1 aromatic carbocycles. The standard InChI is InChI=1S/C13H14FN3O2S/c1-3-13(4-2,9-16)17-20(18,19)11-5-6-12(14)10(7-11)8-15/h5-7,17H,3-4H2,1-2H3. The van der Waals surface area contributed by atoms with E-state index < -0.39 is 21.4 Å². The van der Waals surface area contributed by atoms with Gasteiger partial charge in [-0.15, -0.1) is 0 Å². The van der Waals surface area contributed by atoms with Crippen molar-refractivity contribution in [2.24, 2.45) is 0 Å². The van der Waals surface area contributed by atoms with E-state index in [-0.39, 0.29) is 10.5 Å². The zero-order valence-corrected chi connectivity index (χ0v) is 12.0. The molecule has 0 aromatic heterocycles. The lowest BCUT2D eigenvalue weighted by molar-refractivity contribution is 0.446. The number of rotatable bonds is 5. The Morgan fingerprint density at radius 1 is 1.30 bits per heavy atom. The van der Waals surface area contributed by atoms with Gasteiger partial charge in [0.05, 0.1) is 16.5 Å². The third-order valence-corrected chi connectivity index (χ3v) is 4.65. The van der Waals surface area contributed by atoms with Crippen molar-refractivity contribution in [2.45, 2.75) is 37.1 Å². The lowest BCUT2D eigenvalue weighted by Crippen LogP contribution is -2.46. The van der Waals surface area contributed by atoms with E-state index in [0.29, 0.717) is 12.8 Å². The van der Waals surface area contributed by atoms with Gasteiger partial charge in [0.25, 0.3) is 0 Å². The lowest BCUT2D eigenvalue weighted by atomic mass is 9.97. The fourth-order valence-corrected chi connectivity index (χ4v) is 3.14. The molecule has 0 aliphatic rings. The summed E-state index contributed by atoms with van der Waals surface area (Å²) in [6, 6.07) is 6.46. The molecule has 7 heteroatoms. The summed E-state index contributed by atoms with van der Waals surface area (Å²) in [7, 11) is -3.99. The third-order valence-electron chi connectivity index (χ3n) is 3.12. The van der Waals surface area contributed by atoms with E-state index in [9.17, 15) is 12.8 Å². The van der Waals surface area contributed by atoms with Crippen molar-refractivity contribution in [3.8, 4) is 12.1 Å². The molecule has 0 atom stereocenters. The Morgan fingerprint density at radius 3 is 2.35 bits per heavy atom. The highest BCUT2D eigenvalue weighted by Gasteiger charge is 2.32. The molecular weight excluding hydrogens is 281 g/mol. The maximum atomic E-state index is 13.2. The Hall–Kier alpha value is -1.96. The van der Waals surface area contributed by atoms with Crippen molar-refractivity contribution in [3.05, 3.63) is 29.6 Å². The SMILES string of the molecule is CCC(C#N)(CC)NS(=O)(=O)c1ccc(F)c(C#N)c1. The second-order valence-corrected chi connectivity index (χ2v) is 5.94. The number of nitrogens with one attached hydrogen (secondary N) is 1. The number of nitrogens with zero attached hydrogens (tertiary/aromatic N) is 2. The molecule has 0 heterocycles. The number of benzene rings is 1. The van der Waals surface area contributed by atoms with Crippen LogP contribution in [0.25, 0.3) is 0 Å². The molecule has 1 aromatic rings. The molecule has 106 valence electrons. The summed E-state index contributed by atoms with van der Waals surface area (Å²) in [5.41, 5.74) is -1.57. The van der Waals surface area contributed by atoms with E-state index in [0.717, 1.165) is 18.2 Å². The highest BCUT2D eigenvalue weighted by Crippen LogP contribution is 2.20. The first kappa shape index (κ1) is 16.1. The molecule has 0 amide bonds. The van der Waals surface area contributed by atoms with Crippen LogP contribution < -0.4 is 4.72 Å². The van der Waals surface area contributed by atoms with Gasteiger partial charge in [-0.2, -0.15) is 15.2 Å². The molecule has 1 N–H and O–H groups in total. The van der Waals surface area contributed by atoms with E-state index in [1.165, 1.54) is 0 Å². The van der Waals surface area contributed by atoms with Crippen molar-refractivity contribution in [1.29, 1.82) is 10.5 Å². The second kappa shape index (κ2) is 6.00. The van der Waals surface area contributed by atoms with Gasteiger partial charge in [0.1, 0.15) is 17.4 Å². The minimum atomic E-state index is -3.99. The highest BCUT2D eigenvalue weighted by atomic mass is 32.2. The Balaban J connectivity index is 3.26. The summed E-state index contributed by atoms with van der Waals surface area (Å²) in [6.07, 6.45) is 0.594. The first-order valence-corrected chi connectivity index (χ1v) is 7.47. The predicted molar refractivity (Wildman–Crippen MR) is 70.4 cm³/mol. The molecule has 0 radical (unpaired) electrons. The van der Waals surface area contributed by atoms with Crippen molar-refractivity contribution in [2.75, 3.05) is 0 Å². The van der Waals surface area contributed by atoms with Crippen molar-refractivity contribution in [3.63, 3.8) is 0 Å². The molecule has 1 rings (SSSR count). The number of nitriles is 2. The molecule has 5 nitrogen and oxygen atoms in total. The lowest BCUT2D eigenvalue weighted by Gasteiger charge is -2.24. The zero-order valence-electron chi connectivity index (χ0n) is 11.1. The van der Waals surface area contributed by atoms with E-state index in [1.807, 2.05) is 6.07 Å². The molecule has 0 fully saturated rings. The molecule has 20 heavy (non-hydrogen) atoms. The maximum absolute atomic E-state index is 13.2. The monoisotopic (exact) mass is 295 g/mol. The quantitative estimate of drug-likeness (QED) is 0.899. The van der Waals surface area contributed by atoms with E-state index in [1.54, 1.807) is 19.9 Å². The summed E-state index contributed by atoms with van der Waals surface area (Å²) < 4.78 is 39.9. The van der Waals surface area contributed by atoms with Gasteiger partial charge in [0, 0.05) is 0 Å². The van der Waals surface area contributed by atoms with Crippen LogP contribution in [0.3, 0.4) is 0 Å². The molecule has 0 saturated heterocycles. The van der Waals surface area contributed by atoms with E-state index in [2.05, 4.69) is 4.72 Å². The second-order valence-electron chi connectivity index (χ2n) is 4.26. The average molecular weight is 295 g/mol. The van der Waals surface area contributed by atoms with Crippen molar-refractivity contribution >= 4 is 10.0 Å². The Labute approximate surface area is 117 Å². The van der Waals surface area contributed by atoms with Gasteiger partial charge < -0.3 is 0 Å². The van der Waals surface area contributed by atoms with Crippen LogP contribution in [0, 0.1) is 28.5 Å². The van der Waals surface area contributed by atoms with E-state index >= 15 is 0 Å². The Kier molecular flexibility index (Phi) is 4.83. The number of halogens is 1. The molecule has 0 spiro atoms. The number of hydrogen-bond donors (Lipinski definition) is 1. The first-order valence-electron chi connectivity index (χ1n) is 5.99. The topological polar surface area (TPSA) is 93.8 Å². The van der Waals surface area contributed by atoms with Crippen LogP contribution in [0.2, 0.25) is 0 Å². The number of hydrogen-bond acceptors (Lipinski definition) is 4. The van der Waals surface area contributed by atoms with Gasteiger partial charge in [0.2, 0.25) is 10.0 Å². The molecule has 0 bridgehead atoms. The third kappa shape index (κ3) is 3.13. The van der Waals surface area contributed by atoms with Crippen LogP contribution in [-0.4, -0.2) is 14.0 Å². The minimum Gasteiger partial charge on any atom is -0.207 e. The molecule has 0 saturated carbocycles. The van der Waals surface area contributed by atoms with Crippen molar-refractivity contribution < 1.29 is 12.8 Å². The first-order chi connectivity index (χ1) is 9.34. The summed E-state index contributed by atoms with van der Waals surface area (Å²) in [4.78, 5) is -0.239. The largest absolute Gasteiger partial charge is 0.241 e. The normalized spacial score (nSPS) is 11.7. The fourth-order valence-electron chi connectivity index (χ4n) is 1.65. The van der Waals surface area contributed by atoms with Crippen LogP contribution in [0.1, 0.15) is 32.3 Å². The smallest absolute Gasteiger partial charge is 0.207 e. The highest BCUT2D eigenvalue weighted by molar-refractivity contribution is 7.89. The van der Waals surface area contributed by atoms with Gasteiger partial charge in [-0.25, -0.2) is 12.8 Å². The fraction of sp³-hybridized carbons (Fsp3) is 0.385. The Morgan fingerprint density at radius 2 is 1.90 bits per heavy atom. The molecule has 0 aliphatic heterocycles. The van der Waals surface area contributed by atoms with Gasteiger partial charge in [-0.3, -0.25) is 0 Å². The summed E-state index contributed by atoms with van der Waals surface area (Å²) in [5.74, 6) is -0.788. The average Bonchev–Trinajstić information content (AvgIpc) is 2.45. The van der Waals surface area contributed by atoms with Crippen LogP contribution in [-0.2, 0) is 10.0 Å². The summed E-state index contributed by atoms with van der Waals surface area (Å²) in [6.45, 7) is 3.39. The predicted octanol–water partition coefficient (Wildman–Crippen LogP) is 2.06. The van der Waals surface area contributed by atoms with Crippen molar-refractivity contribution in [1.82, 2.24) is 4.72 Å². The van der Waals surface area contributed by atoms with Crippen LogP contribution in [0.15, 0.2) is 23.1 Å². The van der Waals surface area contributed by atoms with Crippen LogP contribution in [0.5, 0.6) is 0 Å². The molecule has 0 unspecified atom stereocenters.